The largest absolute Gasteiger partial charge is 0.493 e. The Morgan fingerprint density at radius 3 is 1.57 bits per heavy atom. The highest BCUT2D eigenvalue weighted by molar-refractivity contribution is 7.90. The maximum atomic E-state index is 13.5. The van der Waals surface area contributed by atoms with Crippen LogP contribution in [0.4, 0.5) is 0 Å². The van der Waals surface area contributed by atoms with Crippen LogP contribution in [-0.4, -0.2) is 78.4 Å². The number of benzene rings is 2. The first-order valence-electron chi connectivity index (χ1n) is 10.4. The van der Waals surface area contributed by atoms with Crippen molar-refractivity contribution in [1.82, 2.24) is 8.61 Å². The Morgan fingerprint density at radius 1 is 0.714 bits per heavy atom. The van der Waals surface area contributed by atoms with E-state index in [-0.39, 0.29) is 21.3 Å². The van der Waals surface area contributed by atoms with Gasteiger partial charge in [-0.2, -0.15) is 4.31 Å². The van der Waals surface area contributed by atoms with Crippen LogP contribution in [0.25, 0.3) is 0 Å². The Kier molecular flexibility index (Phi) is 7.25. The van der Waals surface area contributed by atoms with Crippen molar-refractivity contribution in [1.29, 1.82) is 0 Å². The van der Waals surface area contributed by atoms with Gasteiger partial charge in [0.25, 0.3) is 15.9 Å². The van der Waals surface area contributed by atoms with Crippen LogP contribution in [0.3, 0.4) is 0 Å². The number of hydrogen-bond acceptors (Lipinski definition) is 9. The van der Waals surface area contributed by atoms with E-state index >= 15 is 0 Å². The van der Waals surface area contributed by atoms with Gasteiger partial charge in [-0.15, -0.1) is 0 Å². The molecule has 0 bridgehead atoms. The van der Waals surface area contributed by atoms with Crippen molar-refractivity contribution < 1.29 is 40.6 Å². The molecule has 35 heavy (non-hydrogen) atoms. The summed E-state index contributed by atoms with van der Waals surface area (Å²) < 4.78 is 76.0. The molecule has 0 atom stereocenters. The molecule has 0 radical (unpaired) electrons. The lowest BCUT2D eigenvalue weighted by Gasteiger charge is -2.44. The van der Waals surface area contributed by atoms with E-state index in [1.165, 1.54) is 64.8 Å². The number of methoxy groups -OCH3 is 4. The zero-order valence-electron chi connectivity index (χ0n) is 20.3. The molecule has 1 aliphatic rings. The Bertz CT molecular complexity index is 1340. The van der Waals surface area contributed by atoms with Crippen LogP contribution in [0.5, 0.6) is 23.0 Å². The number of piperazine rings is 1. The molecule has 13 heteroatoms. The van der Waals surface area contributed by atoms with Crippen LogP contribution in [-0.2, 0) is 24.8 Å². The number of ether oxygens (including phenoxy) is 4. The number of nitrogens with zero attached hydrogens (tertiary/aromatic N) is 2. The SMILES string of the molecule is COc1ccc(S(=O)(=O)N2CC(C)(C)N(S(=O)(=O)c3ccc(OC)c(OC)c3)CC2=O)cc1OC. The third kappa shape index (κ3) is 4.75. The average molecular weight is 529 g/mol. The first kappa shape index (κ1) is 26.6. The Labute approximate surface area is 205 Å². The summed E-state index contributed by atoms with van der Waals surface area (Å²) >= 11 is 0. The molecule has 3 rings (SSSR count). The highest BCUT2D eigenvalue weighted by atomic mass is 32.2. The number of carbonyl (C=O) groups is 1. The van der Waals surface area contributed by atoms with Gasteiger partial charge in [-0.25, -0.2) is 21.1 Å². The van der Waals surface area contributed by atoms with Crippen LogP contribution in [0.1, 0.15) is 13.8 Å². The van der Waals surface area contributed by atoms with E-state index in [0.29, 0.717) is 15.8 Å². The smallest absolute Gasteiger partial charge is 0.266 e. The van der Waals surface area contributed by atoms with Gasteiger partial charge < -0.3 is 18.9 Å². The van der Waals surface area contributed by atoms with Crippen molar-refractivity contribution in [3.63, 3.8) is 0 Å². The quantitative estimate of drug-likeness (QED) is 0.503. The fourth-order valence-electron chi connectivity index (χ4n) is 3.77. The summed E-state index contributed by atoms with van der Waals surface area (Å²) in [6.07, 6.45) is 0. The number of sulfonamides is 2. The van der Waals surface area contributed by atoms with Crippen LogP contribution >= 0.6 is 0 Å². The first-order chi connectivity index (χ1) is 16.3. The summed E-state index contributed by atoms with van der Waals surface area (Å²) in [5.74, 6) is 0.155. The third-order valence-electron chi connectivity index (χ3n) is 5.65. The van der Waals surface area contributed by atoms with Gasteiger partial charge >= 0.3 is 0 Å². The summed E-state index contributed by atoms with van der Waals surface area (Å²) in [7, 11) is -2.93. The molecule has 0 N–H and O–H groups in total. The predicted molar refractivity (Wildman–Crippen MR) is 126 cm³/mol. The van der Waals surface area contributed by atoms with Gasteiger partial charge in [-0.05, 0) is 38.1 Å². The lowest BCUT2D eigenvalue weighted by atomic mass is 10.0. The van der Waals surface area contributed by atoms with E-state index in [1.807, 2.05) is 0 Å². The maximum absolute atomic E-state index is 13.5. The first-order valence-corrected chi connectivity index (χ1v) is 13.2. The molecule has 2 aromatic rings. The third-order valence-corrected chi connectivity index (χ3v) is 9.46. The Hall–Kier alpha value is -3.03. The summed E-state index contributed by atoms with van der Waals surface area (Å²) in [6.45, 7) is 2.04. The molecular formula is C22H28N2O9S2. The van der Waals surface area contributed by atoms with Crippen molar-refractivity contribution in [2.75, 3.05) is 41.5 Å². The predicted octanol–water partition coefficient (Wildman–Crippen LogP) is 1.72. The molecule has 0 aliphatic carbocycles. The second-order valence-corrected chi connectivity index (χ2v) is 12.0. The second kappa shape index (κ2) is 9.55. The Balaban J connectivity index is 1.98. The molecular weight excluding hydrogens is 500 g/mol. The van der Waals surface area contributed by atoms with Crippen molar-refractivity contribution in [3.05, 3.63) is 36.4 Å². The molecule has 0 saturated carbocycles. The van der Waals surface area contributed by atoms with Crippen LogP contribution in [0.15, 0.2) is 46.2 Å². The highest BCUT2D eigenvalue weighted by Crippen LogP contribution is 2.36. The minimum Gasteiger partial charge on any atom is -0.493 e. The number of rotatable bonds is 8. The van der Waals surface area contributed by atoms with Crippen molar-refractivity contribution >= 4 is 26.0 Å². The zero-order valence-corrected chi connectivity index (χ0v) is 21.9. The van der Waals surface area contributed by atoms with Gasteiger partial charge in [0.05, 0.1) is 51.3 Å². The topological polar surface area (TPSA) is 129 Å². The van der Waals surface area contributed by atoms with Crippen LogP contribution in [0, 0.1) is 0 Å². The minimum absolute atomic E-state index is 0.118. The summed E-state index contributed by atoms with van der Waals surface area (Å²) in [5, 5.41) is 0. The zero-order chi connectivity index (χ0) is 26.2. The van der Waals surface area contributed by atoms with Gasteiger partial charge in [0.2, 0.25) is 10.0 Å². The molecule has 0 aromatic heterocycles. The monoisotopic (exact) mass is 528 g/mol. The van der Waals surface area contributed by atoms with Gasteiger partial charge in [0.1, 0.15) is 0 Å². The molecule has 2 aromatic carbocycles. The van der Waals surface area contributed by atoms with Crippen molar-refractivity contribution in [2.45, 2.75) is 29.2 Å². The van der Waals surface area contributed by atoms with Crippen molar-refractivity contribution in [3.8, 4) is 23.0 Å². The van der Waals surface area contributed by atoms with Gasteiger partial charge in [0, 0.05) is 17.7 Å². The molecule has 1 fully saturated rings. The molecule has 11 nitrogen and oxygen atoms in total. The lowest BCUT2D eigenvalue weighted by Crippen LogP contribution is -2.64. The highest BCUT2D eigenvalue weighted by Gasteiger charge is 2.48. The van der Waals surface area contributed by atoms with Gasteiger partial charge in [-0.1, -0.05) is 0 Å². The maximum Gasteiger partial charge on any atom is 0.266 e. The lowest BCUT2D eigenvalue weighted by molar-refractivity contribution is -0.132. The van der Waals surface area contributed by atoms with E-state index < -0.39 is 44.6 Å². The minimum atomic E-state index is -4.30. The van der Waals surface area contributed by atoms with Gasteiger partial charge in [-0.3, -0.25) is 4.79 Å². The number of amides is 1. The molecule has 192 valence electrons. The summed E-state index contributed by atoms with van der Waals surface area (Å²) in [6, 6.07) is 8.04. The average Bonchev–Trinajstić information content (AvgIpc) is 2.83. The molecule has 0 unspecified atom stereocenters. The summed E-state index contributed by atoms with van der Waals surface area (Å²) in [4.78, 5) is 12.7. The number of carbonyl (C=O) groups excluding carboxylic acids is 1. The molecule has 1 aliphatic heterocycles. The van der Waals surface area contributed by atoms with E-state index in [2.05, 4.69) is 0 Å². The van der Waals surface area contributed by atoms with E-state index in [9.17, 15) is 21.6 Å². The number of hydrogen-bond donors (Lipinski definition) is 0. The summed E-state index contributed by atoms with van der Waals surface area (Å²) in [5.41, 5.74) is -1.26. The second-order valence-electron chi connectivity index (χ2n) is 8.26. The van der Waals surface area contributed by atoms with Gasteiger partial charge in [0.15, 0.2) is 23.0 Å². The van der Waals surface area contributed by atoms with E-state index in [1.54, 1.807) is 13.8 Å². The molecule has 1 saturated heterocycles. The van der Waals surface area contributed by atoms with Crippen LogP contribution in [0.2, 0.25) is 0 Å². The Morgan fingerprint density at radius 2 is 1.14 bits per heavy atom. The van der Waals surface area contributed by atoms with E-state index in [0.717, 1.165) is 4.31 Å². The standard InChI is InChI=1S/C22H28N2O9S2/c1-22(2)14-23(34(26,27)15-7-9-17(30-3)19(11-15)32-5)21(25)13-24(22)35(28,29)16-8-10-18(31-4)20(12-16)33-6/h7-12H,13-14H2,1-6H3. The van der Waals surface area contributed by atoms with E-state index in [4.69, 9.17) is 18.9 Å². The normalized spacial score (nSPS) is 16.6. The fraction of sp³-hybridized carbons (Fsp3) is 0.409. The fourth-order valence-corrected chi connectivity index (χ4v) is 7.07. The molecule has 0 spiro atoms. The molecule has 1 heterocycles. The molecule has 1 amide bonds. The van der Waals surface area contributed by atoms with Crippen LogP contribution < -0.4 is 18.9 Å². The van der Waals surface area contributed by atoms with Crippen molar-refractivity contribution in [2.24, 2.45) is 0 Å².